The number of alkyl halides is 3. The molecule has 1 fully saturated rings. The van der Waals surface area contributed by atoms with Gasteiger partial charge in [-0.1, -0.05) is 25.0 Å². The maximum Gasteiger partial charge on any atom is 0.431 e. The molecule has 0 spiro atoms. The third-order valence-corrected chi connectivity index (χ3v) is 4.95. The molecule has 0 unspecified atom stereocenters. The highest BCUT2D eigenvalue weighted by atomic mass is 19.4. The molecule has 1 aliphatic carbocycles. The van der Waals surface area contributed by atoms with Crippen molar-refractivity contribution >= 4 is 11.6 Å². The van der Waals surface area contributed by atoms with E-state index < -0.39 is 29.4 Å². The normalized spacial score (nSPS) is 26.8. The Labute approximate surface area is 142 Å². The Morgan fingerprint density at radius 2 is 2.04 bits per heavy atom. The quantitative estimate of drug-likeness (QED) is 0.811. The molecule has 5 nitrogen and oxygen atoms in total. The molecule has 2 N–H and O–H groups in total. The van der Waals surface area contributed by atoms with Crippen LogP contribution in [0.5, 0.6) is 5.75 Å². The van der Waals surface area contributed by atoms with Gasteiger partial charge in [0.05, 0.1) is 11.5 Å². The maximum absolute atomic E-state index is 13.4. The molecule has 2 aliphatic rings. The van der Waals surface area contributed by atoms with Gasteiger partial charge < -0.3 is 10.2 Å². The van der Waals surface area contributed by atoms with Gasteiger partial charge in [-0.3, -0.25) is 4.79 Å². The Hall–Kier alpha value is -2.09. The number of hydrazone groups is 1. The van der Waals surface area contributed by atoms with Crippen molar-refractivity contribution in [2.75, 3.05) is 0 Å². The SMILES string of the molecule is Cc1cccc(C(=O)N2N=C(C(F)(F)F)[C@H]3CCCCC[C@]32O)c1O. The van der Waals surface area contributed by atoms with Crippen LogP contribution in [0.3, 0.4) is 0 Å². The van der Waals surface area contributed by atoms with E-state index in [-0.39, 0.29) is 24.2 Å². The van der Waals surface area contributed by atoms with Crippen molar-refractivity contribution in [1.82, 2.24) is 5.01 Å². The molecule has 8 heteroatoms. The molecule has 0 radical (unpaired) electrons. The van der Waals surface area contributed by atoms with Crippen LogP contribution in [0.15, 0.2) is 23.3 Å². The molecule has 0 saturated heterocycles. The van der Waals surface area contributed by atoms with Gasteiger partial charge in [0.25, 0.3) is 5.91 Å². The summed E-state index contributed by atoms with van der Waals surface area (Å²) in [5.74, 6) is -2.53. The molecular formula is C17H19F3N2O3. The number of halogens is 3. The third kappa shape index (κ3) is 2.88. The minimum atomic E-state index is -4.73. The van der Waals surface area contributed by atoms with Gasteiger partial charge in [-0.25, -0.2) is 0 Å². The summed E-state index contributed by atoms with van der Waals surface area (Å²) in [6.07, 6.45) is -2.90. The summed E-state index contributed by atoms with van der Waals surface area (Å²) in [4.78, 5) is 12.8. The molecule has 3 rings (SSSR count). The zero-order valence-corrected chi connectivity index (χ0v) is 13.7. The molecule has 1 saturated carbocycles. The van der Waals surface area contributed by atoms with Crippen LogP contribution in [0.2, 0.25) is 0 Å². The summed E-state index contributed by atoms with van der Waals surface area (Å²) in [6.45, 7) is 1.57. The van der Waals surface area contributed by atoms with Crippen molar-refractivity contribution in [3.05, 3.63) is 29.3 Å². The third-order valence-electron chi connectivity index (χ3n) is 4.95. The lowest BCUT2D eigenvalue weighted by Crippen LogP contribution is -2.51. The highest BCUT2D eigenvalue weighted by molar-refractivity contribution is 6.02. The van der Waals surface area contributed by atoms with Gasteiger partial charge in [-0.2, -0.15) is 23.3 Å². The van der Waals surface area contributed by atoms with Crippen LogP contribution in [0.4, 0.5) is 13.2 Å². The second-order valence-electron chi connectivity index (χ2n) is 6.60. The number of phenols is 1. The Morgan fingerprint density at radius 1 is 1.32 bits per heavy atom. The molecule has 136 valence electrons. The molecule has 25 heavy (non-hydrogen) atoms. The average Bonchev–Trinajstić information content (AvgIpc) is 2.69. The number of nitrogens with zero attached hydrogens (tertiary/aromatic N) is 2. The van der Waals surface area contributed by atoms with Crippen LogP contribution in [0, 0.1) is 12.8 Å². The lowest BCUT2D eigenvalue weighted by atomic mass is 9.87. The Kier molecular flexibility index (Phi) is 4.26. The number of rotatable bonds is 1. The van der Waals surface area contributed by atoms with E-state index in [4.69, 9.17) is 0 Å². The van der Waals surface area contributed by atoms with Crippen molar-refractivity contribution in [2.45, 2.75) is 50.9 Å². The Balaban J connectivity index is 2.08. The molecule has 0 bridgehead atoms. The van der Waals surface area contributed by atoms with Gasteiger partial charge in [0, 0.05) is 0 Å². The number of aryl methyl sites for hydroxylation is 1. The minimum absolute atomic E-state index is 0.0130. The molecule has 2 atom stereocenters. The summed E-state index contributed by atoms with van der Waals surface area (Å²) in [5, 5.41) is 25.1. The highest BCUT2D eigenvalue weighted by Gasteiger charge is 2.59. The van der Waals surface area contributed by atoms with Crippen LogP contribution in [0.25, 0.3) is 0 Å². The zero-order chi connectivity index (χ0) is 18.4. The molecular weight excluding hydrogens is 337 g/mol. The number of fused-ring (bicyclic) bond motifs is 1. The molecule has 1 aromatic carbocycles. The van der Waals surface area contributed by atoms with Crippen molar-refractivity contribution in [3.8, 4) is 5.75 Å². The predicted molar refractivity (Wildman–Crippen MR) is 84.0 cm³/mol. The fourth-order valence-corrected chi connectivity index (χ4v) is 3.61. The topological polar surface area (TPSA) is 73.1 Å². The van der Waals surface area contributed by atoms with E-state index in [2.05, 4.69) is 5.10 Å². The van der Waals surface area contributed by atoms with E-state index in [1.165, 1.54) is 12.1 Å². The molecule has 1 aromatic rings. The number of aromatic hydroxyl groups is 1. The lowest BCUT2D eigenvalue weighted by molar-refractivity contribution is -0.108. The van der Waals surface area contributed by atoms with Gasteiger partial charge in [0.1, 0.15) is 11.5 Å². The number of amides is 1. The van der Waals surface area contributed by atoms with Crippen molar-refractivity contribution < 1.29 is 28.2 Å². The summed E-state index contributed by atoms with van der Waals surface area (Å²) >= 11 is 0. The van der Waals surface area contributed by atoms with Crippen LogP contribution >= 0.6 is 0 Å². The van der Waals surface area contributed by atoms with Gasteiger partial charge in [-0.15, -0.1) is 0 Å². The van der Waals surface area contributed by atoms with E-state index in [9.17, 15) is 28.2 Å². The van der Waals surface area contributed by atoms with E-state index in [0.717, 1.165) is 0 Å². The van der Waals surface area contributed by atoms with Crippen LogP contribution in [-0.4, -0.2) is 38.7 Å². The second kappa shape index (κ2) is 6.01. The fourth-order valence-electron chi connectivity index (χ4n) is 3.61. The Bertz CT molecular complexity index is 732. The number of benzene rings is 1. The first-order valence-corrected chi connectivity index (χ1v) is 8.17. The highest BCUT2D eigenvalue weighted by Crippen LogP contribution is 2.45. The van der Waals surface area contributed by atoms with Crippen molar-refractivity contribution in [3.63, 3.8) is 0 Å². The van der Waals surface area contributed by atoms with E-state index in [1.807, 2.05) is 0 Å². The first kappa shape index (κ1) is 17.7. The smallest absolute Gasteiger partial charge is 0.431 e. The largest absolute Gasteiger partial charge is 0.507 e. The van der Waals surface area contributed by atoms with Crippen LogP contribution in [-0.2, 0) is 0 Å². The van der Waals surface area contributed by atoms with Gasteiger partial charge in [-0.05, 0) is 37.8 Å². The first-order valence-electron chi connectivity index (χ1n) is 8.17. The summed E-state index contributed by atoms with van der Waals surface area (Å²) in [5.41, 5.74) is -2.91. The number of phenolic OH excluding ortho intramolecular Hbond substituents is 1. The van der Waals surface area contributed by atoms with Gasteiger partial charge in [0.15, 0.2) is 5.72 Å². The van der Waals surface area contributed by atoms with Crippen LogP contribution < -0.4 is 0 Å². The molecule has 1 aliphatic heterocycles. The minimum Gasteiger partial charge on any atom is -0.507 e. The zero-order valence-electron chi connectivity index (χ0n) is 13.7. The predicted octanol–water partition coefficient (Wildman–Crippen LogP) is 3.34. The van der Waals surface area contributed by atoms with Crippen molar-refractivity contribution in [1.29, 1.82) is 0 Å². The lowest BCUT2D eigenvalue weighted by Gasteiger charge is -2.35. The van der Waals surface area contributed by atoms with E-state index >= 15 is 0 Å². The monoisotopic (exact) mass is 356 g/mol. The number of hydrogen-bond acceptors (Lipinski definition) is 4. The summed E-state index contributed by atoms with van der Waals surface area (Å²) in [6, 6.07) is 4.39. The molecule has 1 amide bonds. The van der Waals surface area contributed by atoms with E-state index in [0.29, 0.717) is 29.8 Å². The summed E-state index contributed by atoms with van der Waals surface area (Å²) < 4.78 is 40.2. The maximum atomic E-state index is 13.4. The Morgan fingerprint density at radius 3 is 2.72 bits per heavy atom. The second-order valence-corrected chi connectivity index (χ2v) is 6.60. The summed E-state index contributed by atoms with van der Waals surface area (Å²) in [7, 11) is 0. The average molecular weight is 356 g/mol. The molecule has 0 aromatic heterocycles. The van der Waals surface area contributed by atoms with Crippen LogP contribution in [0.1, 0.15) is 48.0 Å². The number of para-hydroxylation sites is 1. The number of hydrogen-bond donors (Lipinski definition) is 2. The fraction of sp³-hybridized carbons (Fsp3) is 0.529. The van der Waals surface area contributed by atoms with Gasteiger partial charge in [0.2, 0.25) is 0 Å². The number of carbonyl (C=O) groups is 1. The number of carbonyl (C=O) groups excluding carboxylic acids is 1. The van der Waals surface area contributed by atoms with Gasteiger partial charge >= 0.3 is 6.18 Å². The van der Waals surface area contributed by atoms with Crippen molar-refractivity contribution in [2.24, 2.45) is 11.0 Å². The first-order chi connectivity index (χ1) is 11.7. The standard InChI is InChI=1S/C17H19F3N2O3/c1-10-6-5-7-11(13(10)23)15(24)22-16(25)9-4-2-3-8-12(16)14(21-22)17(18,19)20/h5-7,12,23,25H,2-4,8-9H2,1H3/t12-,16+/m1/s1. The number of aliphatic hydroxyl groups is 1. The van der Waals surface area contributed by atoms with E-state index in [1.54, 1.807) is 13.0 Å². The molecule has 1 heterocycles.